The second-order valence-corrected chi connectivity index (χ2v) is 7.32. The summed E-state index contributed by atoms with van der Waals surface area (Å²) in [6.45, 7) is 0. The van der Waals surface area contributed by atoms with Gasteiger partial charge < -0.3 is 4.74 Å². The Hall–Kier alpha value is -2.20. The van der Waals surface area contributed by atoms with Crippen LogP contribution in [-0.4, -0.2) is 17.9 Å². The Balaban J connectivity index is 1.75. The maximum Gasteiger partial charge on any atom is 0.338 e. The minimum absolute atomic E-state index is 0.0953. The maximum atomic E-state index is 12.6. The van der Waals surface area contributed by atoms with Crippen molar-refractivity contribution >= 4 is 27.7 Å². The highest BCUT2D eigenvalue weighted by Gasteiger charge is 2.26. The molecule has 0 unspecified atom stereocenters. The van der Waals surface area contributed by atoms with Crippen molar-refractivity contribution in [2.24, 2.45) is 0 Å². The molecular weight excluding hydrogens is 392 g/mol. The largest absolute Gasteiger partial charge is 0.454 e. The number of Topliss-reactive ketones (excluding diaryl/α,β-unsaturated/α-hetero) is 1. The van der Waals surface area contributed by atoms with Crippen molar-refractivity contribution in [3.63, 3.8) is 0 Å². The van der Waals surface area contributed by atoms with Gasteiger partial charge in [-0.15, -0.1) is 0 Å². The summed E-state index contributed by atoms with van der Waals surface area (Å²) < 4.78 is 6.67. The highest BCUT2D eigenvalue weighted by atomic mass is 79.9. The summed E-state index contributed by atoms with van der Waals surface area (Å²) in [4.78, 5) is 24.9. The normalized spacial score (nSPS) is 15.3. The molecule has 3 rings (SSSR count). The van der Waals surface area contributed by atoms with E-state index in [1.807, 2.05) is 36.4 Å². The zero-order valence-corrected chi connectivity index (χ0v) is 16.1. The SMILES string of the molecule is O=C1CCCC=C1[C@H](CCc1ccccc1)OC(=O)c1ccc(Br)cc1. The van der Waals surface area contributed by atoms with E-state index in [1.165, 1.54) is 5.56 Å². The number of allylic oxidation sites excluding steroid dienone is 1. The molecule has 0 aliphatic heterocycles. The van der Waals surface area contributed by atoms with Crippen molar-refractivity contribution < 1.29 is 14.3 Å². The third-order valence-electron chi connectivity index (χ3n) is 4.51. The summed E-state index contributed by atoms with van der Waals surface area (Å²) in [7, 11) is 0. The lowest BCUT2D eigenvalue weighted by Crippen LogP contribution is -2.27. The smallest absolute Gasteiger partial charge is 0.338 e. The molecule has 0 heterocycles. The molecule has 1 aliphatic rings. The number of halogens is 1. The lowest BCUT2D eigenvalue weighted by Gasteiger charge is -2.23. The van der Waals surface area contributed by atoms with Gasteiger partial charge in [0.05, 0.1) is 5.56 Å². The van der Waals surface area contributed by atoms with Gasteiger partial charge in [-0.1, -0.05) is 52.3 Å². The molecule has 134 valence electrons. The van der Waals surface area contributed by atoms with Crippen molar-refractivity contribution in [3.05, 3.63) is 81.8 Å². The van der Waals surface area contributed by atoms with E-state index in [1.54, 1.807) is 24.3 Å². The van der Waals surface area contributed by atoms with Crippen LogP contribution in [0.15, 0.2) is 70.7 Å². The summed E-state index contributed by atoms with van der Waals surface area (Å²) in [6, 6.07) is 17.1. The number of ketones is 1. The Kier molecular flexibility index (Phi) is 6.40. The first-order chi connectivity index (χ1) is 12.6. The van der Waals surface area contributed by atoms with Crippen LogP contribution in [0.3, 0.4) is 0 Å². The highest BCUT2D eigenvalue weighted by Crippen LogP contribution is 2.24. The number of hydrogen-bond donors (Lipinski definition) is 0. The molecule has 0 saturated heterocycles. The first-order valence-electron chi connectivity index (χ1n) is 8.87. The summed E-state index contributed by atoms with van der Waals surface area (Å²) in [6.07, 6.45) is 5.06. The van der Waals surface area contributed by atoms with Gasteiger partial charge >= 0.3 is 5.97 Å². The summed E-state index contributed by atoms with van der Waals surface area (Å²) in [5.41, 5.74) is 2.31. The molecule has 0 spiro atoms. The zero-order chi connectivity index (χ0) is 18.4. The molecule has 4 heteroatoms. The molecule has 2 aromatic rings. The van der Waals surface area contributed by atoms with Crippen LogP contribution in [0.4, 0.5) is 0 Å². The van der Waals surface area contributed by atoms with Crippen LogP contribution in [0.1, 0.15) is 41.6 Å². The number of ether oxygens (including phenoxy) is 1. The van der Waals surface area contributed by atoms with Gasteiger partial charge in [0.25, 0.3) is 0 Å². The van der Waals surface area contributed by atoms with Crippen LogP contribution < -0.4 is 0 Å². The summed E-state index contributed by atoms with van der Waals surface area (Å²) in [5, 5.41) is 0. The molecule has 1 aliphatic carbocycles. The molecule has 0 radical (unpaired) electrons. The van der Waals surface area contributed by atoms with Gasteiger partial charge in [0.2, 0.25) is 0 Å². The van der Waals surface area contributed by atoms with E-state index in [0.29, 0.717) is 24.0 Å². The number of aryl methyl sites for hydroxylation is 1. The molecule has 0 N–H and O–H groups in total. The van der Waals surface area contributed by atoms with Gasteiger partial charge in [0, 0.05) is 16.5 Å². The van der Waals surface area contributed by atoms with Crippen molar-refractivity contribution in [2.75, 3.05) is 0 Å². The van der Waals surface area contributed by atoms with Crippen LogP contribution in [0.2, 0.25) is 0 Å². The van der Waals surface area contributed by atoms with Crippen molar-refractivity contribution in [1.82, 2.24) is 0 Å². The van der Waals surface area contributed by atoms with Crippen molar-refractivity contribution in [3.8, 4) is 0 Å². The molecule has 0 saturated carbocycles. The van der Waals surface area contributed by atoms with Gasteiger partial charge in [-0.2, -0.15) is 0 Å². The molecule has 0 bridgehead atoms. The molecule has 1 atom stereocenters. The predicted octanol–water partition coefficient (Wildman–Crippen LogP) is 5.29. The standard InChI is InChI=1S/C22H21BrO3/c23-18-13-11-17(12-14-18)22(25)26-21(19-8-4-5-9-20(19)24)15-10-16-6-2-1-3-7-16/h1-3,6-8,11-14,21H,4-5,9-10,15H2/t21-/m0/s1. The monoisotopic (exact) mass is 412 g/mol. The molecule has 0 aromatic heterocycles. The number of carbonyl (C=O) groups excluding carboxylic acids is 2. The lowest BCUT2D eigenvalue weighted by molar-refractivity contribution is -0.117. The number of carbonyl (C=O) groups is 2. The second-order valence-electron chi connectivity index (χ2n) is 6.40. The number of rotatable bonds is 6. The first-order valence-corrected chi connectivity index (χ1v) is 9.66. The maximum absolute atomic E-state index is 12.6. The Bertz CT molecular complexity index is 794. The summed E-state index contributed by atoms with van der Waals surface area (Å²) in [5.74, 6) is -0.298. The fourth-order valence-corrected chi connectivity index (χ4v) is 3.36. The van der Waals surface area contributed by atoms with Gasteiger partial charge in [-0.3, -0.25) is 4.79 Å². The van der Waals surface area contributed by atoms with Crippen LogP contribution in [0, 0.1) is 0 Å². The Morgan fingerprint density at radius 3 is 2.50 bits per heavy atom. The van der Waals surface area contributed by atoms with E-state index >= 15 is 0 Å². The molecule has 0 amide bonds. The Labute approximate surface area is 162 Å². The van der Waals surface area contributed by atoms with Crippen LogP contribution in [0.25, 0.3) is 0 Å². The van der Waals surface area contributed by atoms with Gasteiger partial charge in [-0.25, -0.2) is 4.79 Å². The minimum Gasteiger partial charge on any atom is -0.454 e. The van der Waals surface area contributed by atoms with E-state index in [0.717, 1.165) is 23.7 Å². The number of hydrogen-bond acceptors (Lipinski definition) is 3. The third kappa shape index (κ3) is 4.92. The average molecular weight is 413 g/mol. The van der Waals surface area contributed by atoms with Crippen LogP contribution >= 0.6 is 15.9 Å². The topological polar surface area (TPSA) is 43.4 Å². The van der Waals surface area contributed by atoms with E-state index in [2.05, 4.69) is 15.9 Å². The second kappa shape index (κ2) is 8.95. The Morgan fingerprint density at radius 2 is 1.81 bits per heavy atom. The van der Waals surface area contributed by atoms with E-state index in [-0.39, 0.29) is 5.78 Å². The number of benzene rings is 2. The zero-order valence-electron chi connectivity index (χ0n) is 14.5. The van der Waals surface area contributed by atoms with E-state index in [9.17, 15) is 9.59 Å². The fraction of sp³-hybridized carbons (Fsp3) is 0.273. The lowest BCUT2D eigenvalue weighted by atomic mass is 9.91. The molecule has 3 nitrogen and oxygen atoms in total. The Morgan fingerprint density at radius 1 is 1.08 bits per heavy atom. The van der Waals surface area contributed by atoms with Gasteiger partial charge in [0.15, 0.2) is 5.78 Å². The third-order valence-corrected chi connectivity index (χ3v) is 5.04. The van der Waals surface area contributed by atoms with Crippen molar-refractivity contribution in [2.45, 2.75) is 38.2 Å². The minimum atomic E-state index is -0.501. The van der Waals surface area contributed by atoms with E-state index in [4.69, 9.17) is 4.74 Å². The van der Waals surface area contributed by atoms with Crippen molar-refractivity contribution in [1.29, 1.82) is 0 Å². The van der Waals surface area contributed by atoms with Gasteiger partial charge in [-0.05, 0) is 55.5 Å². The fourth-order valence-electron chi connectivity index (χ4n) is 3.09. The highest BCUT2D eigenvalue weighted by molar-refractivity contribution is 9.10. The molecular formula is C22H21BrO3. The first kappa shape index (κ1) is 18.6. The van der Waals surface area contributed by atoms with Crippen LogP contribution in [-0.2, 0) is 16.0 Å². The number of esters is 1. The summed E-state index contributed by atoms with van der Waals surface area (Å²) >= 11 is 3.36. The molecule has 2 aromatic carbocycles. The van der Waals surface area contributed by atoms with E-state index < -0.39 is 12.1 Å². The molecule has 0 fully saturated rings. The quantitative estimate of drug-likeness (QED) is 0.605. The van der Waals surface area contributed by atoms with Gasteiger partial charge in [0.1, 0.15) is 6.10 Å². The predicted molar refractivity (Wildman–Crippen MR) is 105 cm³/mol. The molecule has 26 heavy (non-hydrogen) atoms. The average Bonchev–Trinajstić information content (AvgIpc) is 2.67. The van der Waals surface area contributed by atoms with Crippen LogP contribution in [0.5, 0.6) is 0 Å².